The van der Waals surface area contributed by atoms with Crippen molar-refractivity contribution in [3.63, 3.8) is 0 Å². The standard InChI is InChI=1S/C24H28N4O/c1-16-22(23(29)28(27(16)6)19-10-8-7-9-11-19)25-15-18-12-13-21-20(14-18)24(3,4)17(2)26(21)5/h7-15,17H,1-6H3. The topological polar surface area (TPSA) is 42.5 Å². The third kappa shape index (κ3) is 2.92. The van der Waals surface area contributed by atoms with Crippen molar-refractivity contribution in [2.75, 3.05) is 11.9 Å². The summed E-state index contributed by atoms with van der Waals surface area (Å²) in [6.07, 6.45) is 1.80. The van der Waals surface area contributed by atoms with Gasteiger partial charge in [0.25, 0.3) is 5.56 Å². The van der Waals surface area contributed by atoms with Crippen LogP contribution in [0.1, 0.15) is 37.6 Å². The summed E-state index contributed by atoms with van der Waals surface area (Å²) < 4.78 is 3.51. The Balaban J connectivity index is 1.74. The zero-order chi connectivity index (χ0) is 20.9. The van der Waals surface area contributed by atoms with E-state index in [1.807, 2.05) is 49.0 Å². The van der Waals surface area contributed by atoms with Gasteiger partial charge in [-0.3, -0.25) is 9.48 Å². The molecule has 0 fully saturated rings. The van der Waals surface area contributed by atoms with Crippen molar-refractivity contribution in [2.45, 2.75) is 39.2 Å². The Kier molecular flexibility index (Phi) is 4.49. The highest BCUT2D eigenvalue weighted by Gasteiger charge is 2.40. The van der Waals surface area contributed by atoms with Crippen LogP contribution < -0.4 is 10.5 Å². The highest BCUT2D eigenvalue weighted by molar-refractivity contribution is 5.84. The van der Waals surface area contributed by atoms with E-state index in [9.17, 15) is 4.79 Å². The lowest BCUT2D eigenvalue weighted by molar-refractivity contribution is 0.454. The second-order valence-electron chi connectivity index (χ2n) is 8.45. The van der Waals surface area contributed by atoms with Gasteiger partial charge in [-0.1, -0.05) is 38.1 Å². The van der Waals surface area contributed by atoms with Crippen molar-refractivity contribution in [1.29, 1.82) is 0 Å². The van der Waals surface area contributed by atoms with Crippen LogP contribution in [-0.2, 0) is 12.5 Å². The highest BCUT2D eigenvalue weighted by atomic mass is 16.1. The Morgan fingerprint density at radius 2 is 1.76 bits per heavy atom. The fourth-order valence-corrected chi connectivity index (χ4v) is 4.22. The molecule has 2 heterocycles. The van der Waals surface area contributed by atoms with Crippen molar-refractivity contribution in [2.24, 2.45) is 12.0 Å². The predicted octanol–water partition coefficient (Wildman–Crippen LogP) is 4.35. The lowest BCUT2D eigenvalue weighted by atomic mass is 9.81. The molecule has 5 nitrogen and oxygen atoms in total. The van der Waals surface area contributed by atoms with Gasteiger partial charge in [0.2, 0.25) is 0 Å². The van der Waals surface area contributed by atoms with Crippen molar-refractivity contribution < 1.29 is 0 Å². The van der Waals surface area contributed by atoms with Gasteiger partial charge in [-0.15, -0.1) is 0 Å². The number of aliphatic imine (C=N–C) groups is 1. The average molecular weight is 389 g/mol. The van der Waals surface area contributed by atoms with Crippen LogP contribution in [0.5, 0.6) is 0 Å². The predicted molar refractivity (Wildman–Crippen MR) is 120 cm³/mol. The third-order valence-electron chi connectivity index (χ3n) is 6.59. The van der Waals surface area contributed by atoms with Crippen LogP contribution in [0.15, 0.2) is 58.3 Å². The van der Waals surface area contributed by atoms with Gasteiger partial charge in [0.05, 0.1) is 11.4 Å². The van der Waals surface area contributed by atoms with Crippen LogP contribution in [0.3, 0.4) is 0 Å². The van der Waals surface area contributed by atoms with Gasteiger partial charge < -0.3 is 4.90 Å². The SMILES string of the molecule is Cc1c(N=Cc2ccc3c(c2)C(C)(C)C(C)N3C)c(=O)n(-c2ccccc2)n1C. The largest absolute Gasteiger partial charge is 0.371 e. The molecule has 0 radical (unpaired) electrons. The van der Waals surface area contributed by atoms with Gasteiger partial charge in [-0.2, -0.15) is 0 Å². The minimum atomic E-state index is -0.109. The van der Waals surface area contributed by atoms with Crippen molar-refractivity contribution in [3.8, 4) is 5.69 Å². The maximum Gasteiger partial charge on any atom is 0.297 e. The monoisotopic (exact) mass is 388 g/mol. The molecule has 0 saturated carbocycles. The highest BCUT2D eigenvalue weighted by Crippen LogP contribution is 2.44. The Labute approximate surface area is 171 Å². The van der Waals surface area contributed by atoms with Crippen LogP contribution >= 0.6 is 0 Å². The summed E-state index contributed by atoms with van der Waals surface area (Å²) >= 11 is 0. The Bertz CT molecular complexity index is 1150. The molecule has 150 valence electrons. The van der Waals surface area contributed by atoms with Crippen LogP contribution in [0.2, 0.25) is 0 Å². The number of hydrogen-bond acceptors (Lipinski definition) is 3. The number of benzene rings is 2. The van der Waals surface area contributed by atoms with Crippen LogP contribution in [0, 0.1) is 6.92 Å². The first-order valence-electron chi connectivity index (χ1n) is 9.99. The number of hydrogen-bond donors (Lipinski definition) is 0. The molecule has 1 aliphatic heterocycles. The van der Waals surface area contributed by atoms with Gasteiger partial charge in [-0.25, -0.2) is 9.67 Å². The van der Waals surface area contributed by atoms with E-state index in [1.54, 1.807) is 10.9 Å². The first-order valence-corrected chi connectivity index (χ1v) is 9.99. The number of nitrogens with zero attached hydrogens (tertiary/aromatic N) is 4. The molecule has 1 aliphatic rings. The maximum absolute atomic E-state index is 13.0. The number of para-hydroxylation sites is 1. The number of aromatic nitrogens is 2. The summed E-state index contributed by atoms with van der Waals surface area (Å²) in [5.74, 6) is 0. The fraction of sp³-hybridized carbons (Fsp3) is 0.333. The van der Waals surface area contributed by atoms with Crippen molar-refractivity contribution >= 4 is 17.6 Å². The van der Waals surface area contributed by atoms with E-state index in [-0.39, 0.29) is 11.0 Å². The molecule has 29 heavy (non-hydrogen) atoms. The summed E-state index contributed by atoms with van der Waals surface area (Å²) in [4.78, 5) is 20.0. The Hall–Kier alpha value is -3.08. The van der Waals surface area contributed by atoms with E-state index in [1.165, 1.54) is 11.3 Å². The van der Waals surface area contributed by atoms with Crippen LogP contribution in [-0.4, -0.2) is 28.7 Å². The second-order valence-corrected chi connectivity index (χ2v) is 8.45. The van der Waals surface area contributed by atoms with Gasteiger partial charge in [0.15, 0.2) is 5.69 Å². The van der Waals surface area contributed by atoms with Gasteiger partial charge in [0, 0.05) is 37.5 Å². The van der Waals surface area contributed by atoms with Crippen LogP contribution in [0.25, 0.3) is 5.69 Å². The van der Waals surface area contributed by atoms with Gasteiger partial charge in [-0.05, 0) is 49.2 Å². The summed E-state index contributed by atoms with van der Waals surface area (Å²) in [6, 6.07) is 16.5. The van der Waals surface area contributed by atoms with Gasteiger partial charge >= 0.3 is 0 Å². The average Bonchev–Trinajstić information content (AvgIpc) is 3.03. The molecule has 0 amide bonds. The van der Waals surface area contributed by atoms with Crippen molar-refractivity contribution in [3.05, 3.63) is 75.7 Å². The van der Waals surface area contributed by atoms with E-state index in [4.69, 9.17) is 0 Å². The smallest absolute Gasteiger partial charge is 0.297 e. The zero-order valence-electron chi connectivity index (χ0n) is 18.0. The first-order chi connectivity index (χ1) is 13.7. The normalized spacial score (nSPS) is 17.9. The molecule has 0 aliphatic carbocycles. The zero-order valence-corrected chi connectivity index (χ0v) is 18.0. The first kappa shape index (κ1) is 19.2. The molecule has 4 rings (SSSR count). The molecule has 3 aromatic rings. The molecule has 1 atom stereocenters. The lowest BCUT2D eigenvalue weighted by Gasteiger charge is -2.28. The van der Waals surface area contributed by atoms with Gasteiger partial charge in [0.1, 0.15) is 0 Å². The lowest BCUT2D eigenvalue weighted by Crippen LogP contribution is -2.36. The fourth-order valence-electron chi connectivity index (χ4n) is 4.22. The number of rotatable bonds is 3. The summed E-state index contributed by atoms with van der Waals surface area (Å²) in [5.41, 5.74) is 5.70. The van der Waals surface area contributed by atoms with E-state index in [0.29, 0.717) is 11.7 Å². The molecule has 1 aromatic heterocycles. The quantitative estimate of drug-likeness (QED) is 0.626. The summed E-state index contributed by atoms with van der Waals surface area (Å²) in [7, 11) is 4.03. The molecule has 0 spiro atoms. The molecule has 0 N–H and O–H groups in total. The van der Waals surface area contributed by atoms with E-state index in [2.05, 4.69) is 55.9 Å². The molecular weight excluding hydrogens is 360 g/mol. The summed E-state index contributed by atoms with van der Waals surface area (Å²) in [5, 5.41) is 0. The Morgan fingerprint density at radius 1 is 1.07 bits per heavy atom. The van der Waals surface area contributed by atoms with E-state index >= 15 is 0 Å². The number of anilines is 1. The molecule has 0 saturated heterocycles. The molecule has 1 unspecified atom stereocenters. The minimum absolute atomic E-state index is 0.0661. The van der Waals surface area contributed by atoms with E-state index < -0.39 is 0 Å². The van der Waals surface area contributed by atoms with E-state index in [0.717, 1.165) is 16.9 Å². The van der Waals surface area contributed by atoms with Crippen LogP contribution in [0.4, 0.5) is 11.4 Å². The molecule has 2 aromatic carbocycles. The number of likely N-dealkylation sites (N-methyl/N-ethyl adjacent to an activating group) is 1. The summed E-state index contributed by atoms with van der Waals surface area (Å²) in [6.45, 7) is 8.74. The molecular formula is C24H28N4O. The molecule has 0 bridgehead atoms. The number of fused-ring (bicyclic) bond motifs is 1. The van der Waals surface area contributed by atoms with Crippen molar-refractivity contribution in [1.82, 2.24) is 9.36 Å². The Morgan fingerprint density at radius 3 is 2.45 bits per heavy atom. The second kappa shape index (κ2) is 6.76. The third-order valence-corrected chi connectivity index (χ3v) is 6.59. The maximum atomic E-state index is 13.0. The minimum Gasteiger partial charge on any atom is -0.371 e. The molecule has 5 heteroatoms.